The van der Waals surface area contributed by atoms with Crippen molar-refractivity contribution >= 4 is 17.4 Å². The van der Waals surface area contributed by atoms with Crippen molar-refractivity contribution < 1.29 is 19.1 Å². The van der Waals surface area contributed by atoms with Crippen LogP contribution in [0.25, 0.3) is 11.3 Å². The van der Waals surface area contributed by atoms with E-state index < -0.39 is 0 Å². The third-order valence-corrected chi connectivity index (χ3v) is 4.44. The van der Waals surface area contributed by atoms with Crippen LogP contribution in [-0.4, -0.2) is 28.0 Å². The minimum atomic E-state index is -0.375. The molecule has 0 atom stereocenters. The number of nitrogens with zero attached hydrogens (tertiary/aromatic N) is 2. The zero-order chi connectivity index (χ0) is 20.4. The maximum absolute atomic E-state index is 12.4. The average molecular weight is 391 g/mol. The lowest BCUT2D eigenvalue weighted by molar-refractivity contribution is -0.116. The second kappa shape index (κ2) is 7.59. The molecule has 3 aromatic rings. The van der Waals surface area contributed by atoms with E-state index in [4.69, 9.17) is 9.47 Å². The Morgan fingerprint density at radius 3 is 2.55 bits per heavy atom. The molecule has 1 aromatic heterocycles. The first kappa shape index (κ1) is 18.4. The number of nitrogens with one attached hydrogen (secondary N) is 1. The summed E-state index contributed by atoms with van der Waals surface area (Å²) in [5.41, 5.74) is 1.94. The van der Waals surface area contributed by atoms with Crippen LogP contribution in [0, 0.1) is 0 Å². The summed E-state index contributed by atoms with van der Waals surface area (Å²) in [5, 5.41) is 2.69. The molecular formula is C21H17N3O5. The van der Waals surface area contributed by atoms with E-state index in [1.165, 1.54) is 23.9 Å². The highest BCUT2D eigenvalue weighted by molar-refractivity contribution is 5.95. The summed E-state index contributed by atoms with van der Waals surface area (Å²) < 4.78 is 11.8. The highest BCUT2D eigenvalue weighted by atomic mass is 16.7. The topological polar surface area (TPSA) is 99.5 Å². The van der Waals surface area contributed by atoms with Crippen LogP contribution in [0.15, 0.2) is 59.7 Å². The molecule has 1 amide bonds. The molecule has 0 fully saturated rings. The van der Waals surface area contributed by atoms with Gasteiger partial charge in [0.1, 0.15) is 6.54 Å². The van der Waals surface area contributed by atoms with Crippen LogP contribution >= 0.6 is 0 Å². The maximum atomic E-state index is 12.4. The van der Waals surface area contributed by atoms with E-state index in [1.54, 1.807) is 42.5 Å². The standard InChI is InChI=1S/C21H17N3O5/c1-13(25)14-2-5-16(6-3-14)23-20(26)10-24-11-22-17(9-21(24)27)15-4-7-18-19(8-15)29-12-28-18/h2-9,11H,10,12H2,1H3,(H,23,26). The highest BCUT2D eigenvalue weighted by Gasteiger charge is 2.15. The van der Waals surface area contributed by atoms with E-state index in [0.29, 0.717) is 34.0 Å². The normalized spacial score (nSPS) is 11.9. The predicted molar refractivity (Wildman–Crippen MR) is 105 cm³/mol. The van der Waals surface area contributed by atoms with Crippen LogP contribution in [0.1, 0.15) is 17.3 Å². The number of rotatable bonds is 5. The zero-order valence-electron chi connectivity index (χ0n) is 15.5. The molecule has 0 spiro atoms. The number of Topliss-reactive ketones (excluding diaryl/α,β-unsaturated/α-hetero) is 1. The Morgan fingerprint density at radius 1 is 1.07 bits per heavy atom. The van der Waals surface area contributed by atoms with Gasteiger partial charge in [0.2, 0.25) is 12.7 Å². The van der Waals surface area contributed by atoms with Gasteiger partial charge in [-0.15, -0.1) is 0 Å². The van der Waals surface area contributed by atoms with Gasteiger partial charge < -0.3 is 14.8 Å². The van der Waals surface area contributed by atoms with Gasteiger partial charge in [0, 0.05) is 22.9 Å². The van der Waals surface area contributed by atoms with Crippen LogP contribution in [0.4, 0.5) is 5.69 Å². The Hall–Kier alpha value is -3.94. The van der Waals surface area contributed by atoms with Crippen molar-refractivity contribution in [2.24, 2.45) is 0 Å². The number of aromatic nitrogens is 2. The van der Waals surface area contributed by atoms with Gasteiger partial charge in [0.15, 0.2) is 17.3 Å². The Bertz CT molecular complexity index is 1150. The minimum absolute atomic E-state index is 0.0527. The number of fused-ring (bicyclic) bond motifs is 1. The fraction of sp³-hybridized carbons (Fsp3) is 0.143. The van der Waals surface area contributed by atoms with Crippen LogP contribution in [0.3, 0.4) is 0 Å². The summed E-state index contributed by atoms with van der Waals surface area (Å²) in [4.78, 5) is 40.2. The molecule has 1 aliphatic rings. The van der Waals surface area contributed by atoms with Gasteiger partial charge in [-0.3, -0.25) is 19.0 Å². The molecule has 1 aliphatic heterocycles. The Morgan fingerprint density at radius 2 is 1.83 bits per heavy atom. The van der Waals surface area contributed by atoms with Crippen LogP contribution in [0.5, 0.6) is 11.5 Å². The zero-order valence-corrected chi connectivity index (χ0v) is 15.5. The molecule has 0 aliphatic carbocycles. The number of ether oxygens (including phenoxy) is 2. The second-order valence-corrected chi connectivity index (χ2v) is 6.49. The number of amides is 1. The van der Waals surface area contributed by atoms with Gasteiger partial charge in [0.05, 0.1) is 12.0 Å². The Balaban J connectivity index is 1.46. The quantitative estimate of drug-likeness (QED) is 0.671. The van der Waals surface area contributed by atoms with Crippen molar-refractivity contribution in [1.29, 1.82) is 0 Å². The van der Waals surface area contributed by atoms with Crippen LogP contribution in [0.2, 0.25) is 0 Å². The smallest absolute Gasteiger partial charge is 0.254 e. The van der Waals surface area contributed by atoms with E-state index in [1.807, 2.05) is 0 Å². The third kappa shape index (κ3) is 4.01. The fourth-order valence-electron chi connectivity index (χ4n) is 2.90. The lowest BCUT2D eigenvalue weighted by Crippen LogP contribution is -2.27. The van der Waals surface area contributed by atoms with Gasteiger partial charge in [-0.1, -0.05) is 0 Å². The lowest BCUT2D eigenvalue weighted by Gasteiger charge is -2.08. The molecule has 0 saturated carbocycles. The fourth-order valence-corrected chi connectivity index (χ4v) is 2.90. The number of anilines is 1. The largest absolute Gasteiger partial charge is 0.454 e. The van der Waals surface area contributed by atoms with Crippen LogP contribution in [-0.2, 0) is 11.3 Å². The molecule has 0 bridgehead atoms. The number of ketones is 1. The molecule has 2 heterocycles. The second-order valence-electron chi connectivity index (χ2n) is 6.49. The predicted octanol–water partition coefficient (Wildman–Crippen LogP) is 2.48. The molecule has 2 aromatic carbocycles. The van der Waals surface area contributed by atoms with Crippen molar-refractivity contribution in [2.75, 3.05) is 12.1 Å². The molecule has 146 valence electrons. The van der Waals surface area contributed by atoms with E-state index in [9.17, 15) is 14.4 Å². The maximum Gasteiger partial charge on any atom is 0.254 e. The van der Waals surface area contributed by atoms with E-state index >= 15 is 0 Å². The molecule has 0 saturated heterocycles. The number of benzene rings is 2. The number of carbonyl (C=O) groups excluding carboxylic acids is 2. The molecule has 0 unspecified atom stereocenters. The summed E-state index contributed by atoms with van der Waals surface area (Å²) >= 11 is 0. The molecule has 8 nitrogen and oxygen atoms in total. The van der Waals surface area contributed by atoms with Gasteiger partial charge in [-0.2, -0.15) is 0 Å². The van der Waals surface area contributed by atoms with Gasteiger partial charge in [-0.05, 0) is 49.4 Å². The van der Waals surface area contributed by atoms with Gasteiger partial charge in [0.25, 0.3) is 5.56 Å². The lowest BCUT2D eigenvalue weighted by atomic mass is 10.1. The average Bonchev–Trinajstić information content (AvgIpc) is 3.17. The molecule has 8 heteroatoms. The molecule has 0 radical (unpaired) electrons. The summed E-state index contributed by atoms with van der Waals surface area (Å²) in [7, 11) is 0. The van der Waals surface area contributed by atoms with Crippen molar-refractivity contribution in [1.82, 2.24) is 9.55 Å². The molecule has 29 heavy (non-hydrogen) atoms. The Labute approximate surface area is 165 Å². The number of carbonyl (C=O) groups is 2. The van der Waals surface area contributed by atoms with E-state index in [-0.39, 0.29) is 30.6 Å². The highest BCUT2D eigenvalue weighted by Crippen LogP contribution is 2.35. The first-order chi connectivity index (χ1) is 14.0. The molecular weight excluding hydrogens is 374 g/mol. The summed E-state index contributed by atoms with van der Waals surface area (Å²) in [6.45, 7) is 1.46. The Kier molecular flexibility index (Phi) is 4.82. The summed E-state index contributed by atoms with van der Waals surface area (Å²) in [6.07, 6.45) is 1.33. The minimum Gasteiger partial charge on any atom is -0.454 e. The van der Waals surface area contributed by atoms with Crippen molar-refractivity contribution in [3.05, 3.63) is 70.8 Å². The van der Waals surface area contributed by atoms with Gasteiger partial charge in [-0.25, -0.2) is 4.98 Å². The third-order valence-electron chi connectivity index (χ3n) is 4.44. The van der Waals surface area contributed by atoms with Crippen molar-refractivity contribution in [3.63, 3.8) is 0 Å². The first-order valence-corrected chi connectivity index (χ1v) is 8.87. The van der Waals surface area contributed by atoms with Gasteiger partial charge >= 0.3 is 0 Å². The molecule has 1 N–H and O–H groups in total. The summed E-state index contributed by atoms with van der Waals surface area (Å²) in [6, 6.07) is 13.2. The molecule has 4 rings (SSSR count). The number of hydrogen-bond donors (Lipinski definition) is 1. The summed E-state index contributed by atoms with van der Waals surface area (Å²) in [5.74, 6) is 0.821. The van der Waals surface area contributed by atoms with Crippen LogP contribution < -0.4 is 20.3 Å². The van der Waals surface area contributed by atoms with Crippen molar-refractivity contribution in [3.8, 4) is 22.8 Å². The van der Waals surface area contributed by atoms with E-state index in [2.05, 4.69) is 10.3 Å². The SMILES string of the molecule is CC(=O)c1ccc(NC(=O)Cn2cnc(-c3ccc4c(c3)OCO4)cc2=O)cc1. The van der Waals surface area contributed by atoms with E-state index in [0.717, 1.165) is 0 Å². The van der Waals surface area contributed by atoms with Crippen molar-refractivity contribution in [2.45, 2.75) is 13.5 Å². The number of hydrogen-bond acceptors (Lipinski definition) is 6. The first-order valence-electron chi connectivity index (χ1n) is 8.87. The monoisotopic (exact) mass is 391 g/mol.